The Morgan fingerprint density at radius 3 is 3.00 bits per heavy atom. The van der Waals surface area contributed by atoms with Crippen molar-refractivity contribution in [3.8, 4) is 0 Å². The Labute approximate surface area is 99.4 Å². The number of carbonyl (C=O) groups is 2. The summed E-state index contributed by atoms with van der Waals surface area (Å²) in [4.78, 5) is 21.8. The van der Waals surface area contributed by atoms with E-state index in [1.54, 1.807) is 0 Å². The average molecular weight is 233 g/mol. The van der Waals surface area contributed by atoms with E-state index in [2.05, 4.69) is 10.6 Å². The molecule has 17 heavy (non-hydrogen) atoms. The number of carbonyl (C=O) groups excluding carboxylic acids is 2. The third kappa shape index (κ3) is 3.04. The largest absolute Gasteiger partial charge is 0.369 e. The van der Waals surface area contributed by atoms with Gasteiger partial charge in [0, 0.05) is 18.7 Å². The smallest absolute Gasteiger partial charge is 0.231 e. The normalized spacial score (nSPS) is 14.0. The van der Waals surface area contributed by atoms with Crippen molar-refractivity contribution in [3.63, 3.8) is 0 Å². The van der Waals surface area contributed by atoms with Crippen molar-refractivity contribution in [3.05, 3.63) is 29.3 Å². The Bertz CT molecular complexity index is 457. The maximum atomic E-state index is 11.2. The molecular weight excluding hydrogens is 218 g/mol. The van der Waals surface area contributed by atoms with Crippen LogP contribution < -0.4 is 16.4 Å². The number of hydrogen-bond acceptors (Lipinski definition) is 3. The van der Waals surface area contributed by atoms with Gasteiger partial charge in [0.1, 0.15) is 0 Å². The van der Waals surface area contributed by atoms with Crippen LogP contribution in [0.2, 0.25) is 0 Å². The first-order chi connectivity index (χ1) is 8.15. The molecule has 4 N–H and O–H groups in total. The van der Waals surface area contributed by atoms with Crippen LogP contribution in [0.15, 0.2) is 18.2 Å². The Morgan fingerprint density at radius 2 is 2.24 bits per heavy atom. The second-order valence-electron chi connectivity index (χ2n) is 4.11. The number of rotatable bonds is 4. The fourth-order valence-corrected chi connectivity index (χ4v) is 1.88. The molecule has 90 valence electrons. The Hall–Kier alpha value is -1.88. The number of aryl methyl sites for hydroxylation is 1. The minimum absolute atomic E-state index is 0.0668. The van der Waals surface area contributed by atoms with Crippen molar-refractivity contribution in [1.29, 1.82) is 0 Å². The number of benzene rings is 1. The maximum absolute atomic E-state index is 11.2. The van der Waals surface area contributed by atoms with Gasteiger partial charge in [-0.25, -0.2) is 0 Å². The van der Waals surface area contributed by atoms with Gasteiger partial charge in [0.05, 0.1) is 6.54 Å². The van der Waals surface area contributed by atoms with E-state index < -0.39 is 0 Å². The quantitative estimate of drug-likeness (QED) is 0.692. The minimum atomic E-state index is -0.366. The van der Waals surface area contributed by atoms with Crippen molar-refractivity contribution in [1.82, 2.24) is 5.32 Å². The van der Waals surface area contributed by atoms with Gasteiger partial charge in [-0.3, -0.25) is 9.59 Å². The number of primary amides is 1. The summed E-state index contributed by atoms with van der Waals surface area (Å²) in [5, 5.41) is 5.78. The van der Waals surface area contributed by atoms with Gasteiger partial charge in [-0.05, 0) is 23.6 Å². The Balaban J connectivity index is 2.01. The monoisotopic (exact) mass is 233 g/mol. The molecule has 0 radical (unpaired) electrons. The van der Waals surface area contributed by atoms with Crippen LogP contribution in [-0.4, -0.2) is 18.4 Å². The van der Waals surface area contributed by atoms with Gasteiger partial charge in [0.25, 0.3) is 0 Å². The Morgan fingerprint density at radius 1 is 1.41 bits per heavy atom. The summed E-state index contributed by atoms with van der Waals surface area (Å²) in [5.41, 5.74) is 8.15. The van der Waals surface area contributed by atoms with Crippen LogP contribution in [0.4, 0.5) is 5.69 Å². The third-order valence-corrected chi connectivity index (χ3v) is 2.69. The van der Waals surface area contributed by atoms with Gasteiger partial charge in [-0.15, -0.1) is 0 Å². The van der Waals surface area contributed by atoms with Crippen LogP contribution in [-0.2, 0) is 22.6 Å². The van der Waals surface area contributed by atoms with Gasteiger partial charge in [-0.1, -0.05) is 12.1 Å². The molecule has 0 atom stereocenters. The molecule has 1 aliphatic heterocycles. The lowest BCUT2D eigenvalue weighted by molar-refractivity contribution is -0.117. The van der Waals surface area contributed by atoms with Crippen LogP contribution in [0, 0.1) is 0 Å². The first kappa shape index (κ1) is 11.6. The molecule has 5 heteroatoms. The van der Waals surface area contributed by atoms with E-state index >= 15 is 0 Å². The van der Waals surface area contributed by atoms with Gasteiger partial charge < -0.3 is 16.4 Å². The van der Waals surface area contributed by atoms with E-state index in [1.807, 2.05) is 18.2 Å². The van der Waals surface area contributed by atoms with Crippen LogP contribution in [0.3, 0.4) is 0 Å². The fourth-order valence-electron chi connectivity index (χ4n) is 1.88. The zero-order chi connectivity index (χ0) is 12.3. The minimum Gasteiger partial charge on any atom is -0.369 e. The summed E-state index contributed by atoms with van der Waals surface area (Å²) < 4.78 is 0. The number of hydrogen-bond donors (Lipinski definition) is 3. The lowest BCUT2D eigenvalue weighted by atomic mass is 10.0. The van der Waals surface area contributed by atoms with Crippen molar-refractivity contribution in [2.75, 3.05) is 11.9 Å². The van der Waals surface area contributed by atoms with Gasteiger partial charge in [0.15, 0.2) is 0 Å². The van der Waals surface area contributed by atoms with Gasteiger partial charge in [0.2, 0.25) is 11.8 Å². The van der Waals surface area contributed by atoms with E-state index in [0.29, 0.717) is 13.0 Å². The van der Waals surface area contributed by atoms with Crippen LogP contribution >= 0.6 is 0 Å². The molecule has 0 unspecified atom stereocenters. The second kappa shape index (κ2) is 4.97. The molecule has 0 saturated heterocycles. The molecule has 0 spiro atoms. The highest BCUT2D eigenvalue weighted by Gasteiger charge is 2.14. The zero-order valence-electron chi connectivity index (χ0n) is 9.45. The topological polar surface area (TPSA) is 84.2 Å². The third-order valence-electron chi connectivity index (χ3n) is 2.69. The summed E-state index contributed by atoms with van der Waals surface area (Å²) in [6.07, 6.45) is 1.30. The van der Waals surface area contributed by atoms with Crippen LogP contribution in [0.25, 0.3) is 0 Å². The average Bonchev–Trinajstić information content (AvgIpc) is 2.29. The van der Waals surface area contributed by atoms with E-state index in [0.717, 1.165) is 23.2 Å². The lowest BCUT2D eigenvalue weighted by Crippen LogP contribution is -2.28. The maximum Gasteiger partial charge on any atom is 0.231 e. The summed E-state index contributed by atoms with van der Waals surface area (Å²) in [6.45, 7) is 0.776. The molecule has 0 saturated carbocycles. The molecule has 5 nitrogen and oxygen atoms in total. The van der Waals surface area contributed by atoms with Crippen molar-refractivity contribution < 1.29 is 9.59 Å². The molecular formula is C12H15N3O2. The predicted molar refractivity (Wildman–Crippen MR) is 64.3 cm³/mol. The molecule has 2 amide bonds. The van der Waals surface area contributed by atoms with Gasteiger partial charge in [-0.2, -0.15) is 0 Å². The molecule has 1 heterocycles. The molecule has 1 aromatic carbocycles. The number of nitrogens with one attached hydrogen (secondary N) is 2. The highest BCUT2D eigenvalue weighted by atomic mass is 16.2. The summed E-state index contributed by atoms with van der Waals surface area (Å²) in [6, 6.07) is 5.87. The van der Waals surface area contributed by atoms with E-state index in [9.17, 15) is 9.59 Å². The van der Waals surface area contributed by atoms with E-state index in [4.69, 9.17) is 5.73 Å². The first-order valence-electron chi connectivity index (χ1n) is 5.56. The molecule has 1 aromatic rings. The van der Waals surface area contributed by atoms with Crippen LogP contribution in [0.1, 0.15) is 17.5 Å². The first-order valence-corrected chi connectivity index (χ1v) is 5.56. The van der Waals surface area contributed by atoms with E-state index in [-0.39, 0.29) is 18.4 Å². The summed E-state index contributed by atoms with van der Waals surface area (Å²) in [5.74, 6) is -0.299. The van der Waals surface area contributed by atoms with Crippen molar-refractivity contribution >= 4 is 17.5 Å². The zero-order valence-corrected chi connectivity index (χ0v) is 9.45. The van der Waals surface area contributed by atoms with E-state index in [1.165, 1.54) is 0 Å². The number of fused-ring (bicyclic) bond motifs is 1. The Kier molecular flexibility index (Phi) is 3.39. The number of anilines is 1. The van der Waals surface area contributed by atoms with Crippen molar-refractivity contribution in [2.45, 2.75) is 19.4 Å². The van der Waals surface area contributed by atoms with Crippen molar-refractivity contribution in [2.24, 2.45) is 5.73 Å². The lowest BCUT2D eigenvalue weighted by Gasteiger charge is -2.17. The van der Waals surface area contributed by atoms with Crippen LogP contribution in [0.5, 0.6) is 0 Å². The molecule has 0 fully saturated rings. The molecule has 0 aromatic heterocycles. The number of nitrogens with two attached hydrogens (primary N) is 1. The van der Waals surface area contributed by atoms with Gasteiger partial charge >= 0.3 is 0 Å². The SMILES string of the molecule is NC(=O)CNCc1ccc2c(c1)CCC(=O)N2. The summed E-state index contributed by atoms with van der Waals surface area (Å²) >= 11 is 0. The highest BCUT2D eigenvalue weighted by molar-refractivity contribution is 5.93. The molecule has 1 aliphatic rings. The fraction of sp³-hybridized carbons (Fsp3) is 0.333. The number of amides is 2. The summed E-state index contributed by atoms with van der Waals surface area (Å²) in [7, 11) is 0. The molecule has 0 bridgehead atoms. The standard InChI is InChI=1S/C12H15N3O2/c13-11(16)7-14-6-8-1-3-10-9(5-8)2-4-12(17)15-10/h1,3,5,14H,2,4,6-7H2,(H2,13,16)(H,15,17). The molecule has 0 aliphatic carbocycles. The highest BCUT2D eigenvalue weighted by Crippen LogP contribution is 2.23. The predicted octanol–water partition coefficient (Wildman–Crippen LogP) is 0.146. The molecule has 2 rings (SSSR count). The second-order valence-corrected chi connectivity index (χ2v) is 4.11.